The molecule has 0 fully saturated rings. The van der Waals surface area contributed by atoms with E-state index in [0.717, 1.165) is 6.07 Å². The highest BCUT2D eigenvalue weighted by atomic mass is 79.9. The minimum Gasteiger partial charge on any atom is -0.598 e. The van der Waals surface area contributed by atoms with E-state index in [2.05, 4.69) is 25.6 Å². The van der Waals surface area contributed by atoms with Crippen molar-refractivity contribution < 1.29 is 18.1 Å². The summed E-state index contributed by atoms with van der Waals surface area (Å²) in [5.41, 5.74) is -2.03. The number of pyridine rings is 1. The molecule has 1 aromatic rings. The normalized spacial score (nSPS) is 16.3. The molecule has 1 heterocycles. The van der Waals surface area contributed by atoms with Crippen LogP contribution in [0.25, 0.3) is 0 Å². The Hall–Kier alpha value is -0.570. The van der Waals surface area contributed by atoms with Crippen LogP contribution in [0.15, 0.2) is 16.7 Å². The zero-order valence-electron chi connectivity index (χ0n) is 12.0. The molecule has 1 N–H and O–H groups in total. The fraction of sp³-hybridized carbons (Fsp3) is 0.538. The Morgan fingerprint density at radius 1 is 1.48 bits per heavy atom. The Kier molecular flexibility index (Phi) is 6.27. The molecule has 0 amide bonds. The second-order valence-corrected chi connectivity index (χ2v) is 8.31. The van der Waals surface area contributed by atoms with E-state index in [0.29, 0.717) is 10.9 Å². The van der Waals surface area contributed by atoms with Gasteiger partial charge in [0.25, 0.3) is 0 Å². The highest BCUT2D eigenvalue weighted by Gasteiger charge is 2.43. The standard InChI is InChI=1S/C13H17BrF2N2O2S/c1-12(2,3)21(20)18-13(8-15,6-7-19)11-9(16)4-5-10(14)17-11/h4-5,7,18H,6,8H2,1-3H3/t13?,21-/m1/s1. The SMILES string of the molecule is CC(C)(C)[S@@+]([O-])NC(CF)(CC=O)c1nc(Br)ccc1F. The largest absolute Gasteiger partial charge is 0.598 e. The molecule has 1 aromatic heterocycles. The molecule has 2 atom stereocenters. The second kappa shape index (κ2) is 7.13. The van der Waals surface area contributed by atoms with Crippen molar-refractivity contribution in [1.82, 2.24) is 9.71 Å². The highest BCUT2D eigenvalue weighted by molar-refractivity contribution is 9.10. The Morgan fingerprint density at radius 2 is 2.10 bits per heavy atom. The maximum Gasteiger partial charge on any atom is 0.147 e. The predicted octanol–water partition coefficient (Wildman–Crippen LogP) is 2.79. The molecule has 0 radical (unpaired) electrons. The number of hydrogen-bond donors (Lipinski definition) is 1. The lowest BCUT2D eigenvalue weighted by Crippen LogP contribution is -2.53. The molecule has 0 spiro atoms. The van der Waals surface area contributed by atoms with E-state index in [1.54, 1.807) is 20.8 Å². The van der Waals surface area contributed by atoms with Crippen molar-refractivity contribution in [3.8, 4) is 0 Å². The lowest BCUT2D eigenvalue weighted by Gasteiger charge is -2.34. The molecule has 1 unspecified atom stereocenters. The van der Waals surface area contributed by atoms with Crippen molar-refractivity contribution in [2.24, 2.45) is 0 Å². The van der Waals surface area contributed by atoms with Crippen LogP contribution in [0.4, 0.5) is 8.78 Å². The topological polar surface area (TPSA) is 65.0 Å². The van der Waals surface area contributed by atoms with E-state index in [4.69, 9.17) is 0 Å². The minimum atomic E-state index is -1.76. The Labute approximate surface area is 134 Å². The number of carbonyl (C=O) groups excluding carboxylic acids is 1. The number of aromatic nitrogens is 1. The summed E-state index contributed by atoms with van der Waals surface area (Å²) < 4.78 is 42.1. The third-order valence-electron chi connectivity index (χ3n) is 2.77. The van der Waals surface area contributed by atoms with Crippen LogP contribution in [0, 0.1) is 5.82 Å². The highest BCUT2D eigenvalue weighted by Crippen LogP contribution is 2.30. The van der Waals surface area contributed by atoms with E-state index >= 15 is 0 Å². The third-order valence-corrected chi connectivity index (χ3v) is 4.90. The smallest absolute Gasteiger partial charge is 0.147 e. The van der Waals surface area contributed by atoms with E-state index in [1.165, 1.54) is 6.07 Å². The zero-order valence-corrected chi connectivity index (χ0v) is 14.4. The first-order valence-corrected chi connectivity index (χ1v) is 8.12. The lowest BCUT2D eigenvalue weighted by atomic mass is 9.93. The van der Waals surface area contributed by atoms with Crippen molar-refractivity contribution in [2.75, 3.05) is 6.67 Å². The summed E-state index contributed by atoms with van der Waals surface area (Å²) in [6.45, 7) is 3.94. The van der Waals surface area contributed by atoms with Crippen molar-refractivity contribution in [3.05, 3.63) is 28.2 Å². The average Bonchev–Trinajstić information content (AvgIpc) is 2.39. The van der Waals surface area contributed by atoms with Gasteiger partial charge in [-0.2, -0.15) is 0 Å². The van der Waals surface area contributed by atoms with Gasteiger partial charge in [-0.1, -0.05) is 0 Å². The first-order chi connectivity index (χ1) is 9.66. The van der Waals surface area contributed by atoms with Gasteiger partial charge in [-0.05, 0) is 48.8 Å². The summed E-state index contributed by atoms with van der Waals surface area (Å²) in [5, 5.41) is 0. The van der Waals surface area contributed by atoms with Crippen LogP contribution in [-0.4, -0.2) is 27.2 Å². The Morgan fingerprint density at radius 3 is 2.57 bits per heavy atom. The van der Waals surface area contributed by atoms with Gasteiger partial charge >= 0.3 is 0 Å². The molecule has 21 heavy (non-hydrogen) atoms. The van der Waals surface area contributed by atoms with E-state index in [-0.39, 0.29) is 12.1 Å². The van der Waals surface area contributed by atoms with Gasteiger partial charge in [0, 0.05) is 17.8 Å². The summed E-state index contributed by atoms with van der Waals surface area (Å²) in [6.07, 6.45) is 0.0696. The average molecular weight is 383 g/mol. The number of nitrogens with one attached hydrogen (secondary N) is 1. The van der Waals surface area contributed by atoms with Crippen LogP contribution >= 0.6 is 15.9 Å². The first kappa shape index (κ1) is 18.5. The Bertz CT molecular complexity index is 513. The molecule has 0 aliphatic rings. The maximum absolute atomic E-state index is 14.0. The van der Waals surface area contributed by atoms with Crippen LogP contribution in [0.1, 0.15) is 32.9 Å². The van der Waals surface area contributed by atoms with Gasteiger partial charge in [-0.25, -0.2) is 13.8 Å². The zero-order chi connectivity index (χ0) is 16.3. The molecule has 0 aromatic carbocycles. The monoisotopic (exact) mass is 382 g/mol. The number of alkyl halides is 1. The molecule has 0 bridgehead atoms. The summed E-state index contributed by atoms with van der Waals surface area (Å²) in [5.74, 6) is -0.767. The first-order valence-electron chi connectivity index (χ1n) is 6.18. The quantitative estimate of drug-likeness (QED) is 0.466. The van der Waals surface area contributed by atoms with Crippen LogP contribution < -0.4 is 4.72 Å². The van der Waals surface area contributed by atoms with Gasteiger partial charge in [0.15, 0.2) is 0 Å². The second-order valence-electron chi connectivity index (χ2n) is 5.53. The Balaban J connectivity index is 3.32. The third kappa shape index (κ3) is 4.45. The predicted molar refractivity (Wildman–Crippen MR) is 81.3 cm³/mol. The molecular formula is C13H17BrF2N2O2S. The van der Waals surface area contributed by atoms with Crippen molar-refractivity contribution in [1.29, 1.82) is 0 Å². The summed E-state index contributed by atoms with van der Waals surface area (Å²) in [4.78, 5) is 14.8. The molecular weight excluding hydrogens is 366 g/mol. The van der Waals surface area contributed by atoms with Gasteiger partial charge in [-0.15, -0.1) is 4.72 Å². The van der Waals surface area contributed by atoms with Gasteiger partial charge < -0.3 is 9.35 Å². The van der Waals surface area contributed by atoms with Crippen LogP contribution in [0.2, 0.25) is 0 Å². The maximum atomic E-state index is 14.0. The van der Waals surface area contributed by atoms with Crippen LogP contribution in [0.3, 0.4) is 0 Å². The lowest BCUT2D eigenvalue weighted by molar-refractivity contribution is -0.109. The van der Waals surface area contributed by atoms with Gasteiger partial charge in [0.05, 0.1) is 0 Å². The van der Waals surface area contributed by atoms with Gasteiger partial charge in [0.1, 0.15) is 39.4 Å². The van der Waals surface area contributed by atoms with Crippen molar-refractivity contribution in [2.45, 2.75) is 37.5 Å². The molecule has 0 saturated heterocycles. The molecule has 8 heteroatoms. The number of nitrogens with zero attached hydrogens (tertiary/aromatic N) is 1. The molecule has 0 saturated carbocycles. The van der Waals surface area contributed by atoms with Gasteiger partial charge in [-0.3, -0.25) is 0 Å². The van der Waals surface area contributed by atoms with Crippen molar-refractivity contribution >= 4 is 33.6 Å². The molecule has 0 aliphatic carbocycles. The summed E-state index contributed by atoms with van der Waals surface area (Å²) in [7, 11) is 0. The van der Waals surface area contributed by atoms with E-state index < -0.39 is 34.1 Å². The van der Waals surface area contributed by atoms with E-state index in [9.17, 15) is 18.1 Å². The number of halogens is 3. The fourth-order valence-electron chi connectivity index (χ4n) is 1.56. The molecule has 118 valence electrons. The van der Waals surface area contributed by atoms with E-state index in [1.807, 2.05) is 0 Å². The summed E-state index contributed by atoms with van der Waals surface area (Å²) in [6, 6.07) is 2.48. The van der Waals surface area contributed by atoms with Gasteiger partial charge in [0.2, 0.25) is 0 Å². The number of aldehydes is 1. The number of hydrogen-bond acceptors (Lipinski definition) is 4. The van der Waals surface area contributed by atoms with Crippen LogP contribution in [-0.2, 0) is 21.7 Å². The van der Waals surface area contributed by atoms with Crippen LogP contribution in [0.5, 0.6) is 0 Å². The molecule has 4 nitrogen and oxygen atoms in total. The molecule has 0 aliphatic heterocycles. The summed E-state index contributed by atoms with van der Waals surface area (Å²) >= 11 is 1.39. The number of carbonyl (C=O) groups is 1. The minimum absolute atomic E-state index is 0.274. The molecule has 1 rings (SSSR count). The van der Waals surface area contributed by atoms with Crippen molar-refractivity contribution in [3.63, 3.8) is 0 Å². The fourth-order valence-corrected chi connectivity index (χ4v) is 2.76. The number of rotatable bonds is 6.